The number of urea groups is 1. The summed E-state index contributed by atoms with van der Waals surface area (Å²) in [5.41, 5.74) is 3.13. The third-order valence-electron chi connectivity index (χ3n) is 9.60. The maximum atomic E-state index is 13.7. The molecule has 2 aromatic rings. The monoisotopic (exact) mass is 620 g/mol. The molecule has 0 aromatic heterocycles. The molecule has 1 saturated carbocycles. The van der Waals surface area contributed by atoms with Crippen LogP contribution in [0.2, 0.25) is 0 Å². The van der Waals surface area contributed by atoms with Crippen molar-refractivity contribution in [3.63, 3.8) is 0 Å². The van der Waals surface area contributed by atoms with Crippen molar-refractivity contribution >= 4 is 17.6 Å². The molecular weight excluding hydrogens is 568 g/mol. The molecule has 4 N–H and O–H groups in total. The van der Waals surface area contributed by atoms with Gasteiger partial charge in [0.25, 0.3) is 0 Å². The molecule has 9 heteroatoms. The van der Waals surface area contributed by atoms with Crippen molar-refractivity contribution in [1.29, 1.82) is 0 Å². The molecule has 0 spiro atoms. The van der Waals surface area contributed by atoms with E-state index in [1.165, 1.54) is 19.3 Å². The van der Waals surface area contributed by atoms with Crippen LogP contribution in [0.4, 0.5) is 10.5 Å². The minimum absolute atomic E-state index is 0.00944. The lowest BCUT2D eigenvalue weighted by molar-refractivity contribution is -0.278. The molecule has 1 aliphatic carbocycles. The highest BCUT2D eigenvalue weighted by Gasteiger charge is 2.46. The molecule has 2 aromatic carbocycles. The standard InChI is InChI=1S/C36H52N4O5/c1-6-37-35(43)38-28-18-15-27(16-19-28)34-44-31(23(2)32(45-34)26-13-11-24(22-41)12-14-26)21-40-29-10-8-7-9-25(29)17-20-30(40)33(42)39-36(3,4)5/h11-16,18-19,23,25,29-32,34,41H,6-10,17,20-22H2,1-5H3,(H,39,42)(H2,37,38,43)/t23-,25-,29-,30-,31+,32+,34+/m1/s1. The number of aliphatic hydroxyl groups excluding tert-OH is 1. The summed E-state index contributed by atoms with van der Waals surface area (Å²) < 4.78 is 13.5. The summed E-state index contributed by atoms with van der Waals surface area (Å²) >= 11 is 0. The van der Waals surface area contributed by atoms with E-state index in [4.69, 9.17) is 9.47 Å². The molecule has 0 bridgehead atoms. The lowest BCUT2D eigenvalue weighted by Crippen LogP contribution is -2.61. The number of piperidine rings is 1. The maximum Gasteiger partial charge on any atom is 0.319 e. The predicted octanol–water partition coefficient (Wildman–Crippen LogP) is 6.05. The zero-order valence-corrected chi connectivity index (χ0v) is 27.6. The van der Waals surface area contributed by atoms with Crippen molar-refractivity contribution in [1.82, 2.24) is 15.5 Å². The number of carbonyl (C=O) groups is 2. The first-order valence-corrected chi connectivity index (χ1v) is 16.8. The molecule has 2 aliphatic heterocycles. The molecule has 3 aliphatic rings. The quantitative estimate of drug-likeness (QED) is 0.286. The third-order valence-corrected chi connectivity index (χ3v) is 9.60. The fourth-order valence-corrected chi connectivity index (χ4v) is 7.32. The second-order valence-corrected chi connectivity index (χ2v) is 14.1. The van der Waals surface area contributed by atoms with E-state index in [1.54, 1.807) is 0 Å². The first kappa shape index (κ1) is 33.4. The Kier molecular flexibility index (Phi) is 10.9. The molecule has 0 radical (unpaired) electrons. The van der Waals surface area contributed by atoms with Crippen LogP contribution >= 0.6 is 0 Å². The molecular formula is C36H52N4O5. The SMILES string of the molecule is CCNC(=O)Nc1ccc([C@H]2O[C@@H](CN3[C@@H](C(=O)NC(C)(C)C)CC[C@H]4CCCC[C@H]43)[C@@H](C)[C@@H](c3ccc(CO)cc3)O2)cc1. The zero-order valence-electron chi connectivity index (χ0n) is 27.6. The summed E-state index contributed by atoms with van der Waals surface area (Å²) in [4.78, 5) is 28.2. The van der Waals surface area contributed by atoms with Crippen LogP contribution in [0, 0.1) is 11.8 Å². The highest BCUT2D eigenvalue weighted by molar-refractivity contribution is 5.89. The Morgan fingerprint density at radius 2 is 1.62 bits per heavy atom. The van der Waals surface area contributed by atoms with Crippen LogP contribution < -0.4 is 16.0 Å². The number of amides is 3. The number of nitrogens with zero attached hydrogens (tertiary/aromatic N) is 1. The molecule has 0 unspecified atom stereocenters. The van der Waals surface area contributed by atoms with Crippen molar-refractivity contribution in [3.05, 3.63) is 65.2 Å². The van der Waals surface area contributed by atoms with Gasteiger partial charge in [-0.1, -0.05) is 56.2 Å². The molecule has 3 fully saturated rings. The van der Waals surface area contributed by atoms with E-state index in [-0.39, 0.29) is 48.3 Å². The maximum absolute atomic E-state index is 13.7. The fourth-order valence-electron chi connectivity index (χ4n) is 7.32. The number of carbonyl (C=O) groups excluding carboxylic acids is 2. The van der Waals surface area contributed by atoms with Gasteiger partial charge in [0, 0.05) is 41.8 Å². The number of likely N-dealkylation sites (tertiary alicyclic amines) is 1. The number of fused-ring (bicyclic) bond motifs is 1. The van der Waals surface area contributed by atoms with E-state index < -0.39 is 6.29 Å². The van der Waals surface area contributed by atoms with E-state index in [9.17, 15) is 14.7 Å². The minimum atomic E-state index is -0.624. The number of anilines is 1. The Labute approximate surface area is 268 Å². The topological polar surface area (TPSA) is 112 Å². The Balaban J connectivity index is 1.43. The van der Waals surface area contributed by atoms with E-state index in [1.807, 2.05) is 76.2 Å². The Bertz CT molecular complexity index is 1280. The summed E-state index contributed by atoms with van der Waals surface area (Å²) in [6.45, 7) is 11.4. The van der Waals surface area contributed by atoms with Gasteiger partial charge in [0.1, 0.15) is 0 Å². The van der Waals surface area contributed by atoms with Crippen LogP contribution in [0.5, 0.6) is 0 Å². The van der Waals surface area contributed by atoms with Gasteiger partial charge in [-0.3, -0.25) is 9.69 Å². The van der Waals surface area contributed by atoms with E-state index >= 15 is 0 Å². The second kappa shape index (κ2) is 14.6. The Morgan fingerprint density at radius 3 is 2.29 bits per heavy atom. The highest BCUT2D eigenvalue weighted by Crippen LogP contribution is 2.44. The van der Waals surface area contributed by atoms with Gasteiger partial charge in [0.05, 0.1) is 24.9 Å². The molecule has 3 amide bonds. The van der Waals surface area contributed by atoms with Crippen molar-refractivity contribution in [2.45, 2.75) is 116 Å². The fraction of sp³-hybridized carbons (Fsp3) is 0.611. The lowest BCUT2D eigenvalue weighted by atomic mass is 9.75. The van der Waals surface area contributed by atoms with Crippen molar-refractivity contribution < 1.29 is 24.2 Å². The summed E-state index contributed by atoms with van der Waals surface area (Å²) in [5, 5.41) is 18.5. The highest BCUT2D eigenvalue weighted by atomic mass is 16.7. The van der Waals surface area contributed by atoms with Gasteiger partial charge in [-0.2, -0.15) is 0 Å². The molecule has 2 saturated heterocycles. The van der Waals surface area contributed by atoms with Gasteiger partial charge in [-0.15, -0.1) is 0 Å². The predicted molar refractivity (Wildman–Crippen MR) is 175 cm³/mol. The van der Waals surface area contributed by atoms with Gasteiger partial charge >= 0.3 is 6.03 Å². The lowest BCUT2D eigenvalue weighted by Gasteiger charge is -2.51. The van der Waals surface area contributed by atoms with E-state index in [0.29, 0.717) is 30.7 Å². The molecule has 7 atom stereocenters. The average Bonchev–Trinajstić information content (AvgIpc) is 3.02. The third kappa shape index (κ3) is 8.25. The molecule has 9 nitrogen and oxygen atoms in total. The van der Waals surface area contributed by atoms with Gasteiger partial charge in [0.15, 0.2) is 6.29 Å². The van der Waals surface area contributed by atoms with Gasteiger partial charge in [0.2, 0.25) is 5.91 Å². The van der Waals surface area contributed by atoms with Gasteiger partial charge in [-0.25, -0.2) is 4.79 Å². The van der Waals surface area contributed by atoms with Crippen molar-refractivity contribution in [3.8, 4) is 0 Å². The first-order valence-electron chi connectivity index (χ1n) is 16.8. The van der Waals surface area contributed by atoms with Crippen LogP contribution in [0.1, 0.15) is 102 Å². The normalized spacial score (nSPS) is 29.0. The van der Waals surface area contributed by atoms with Gasteiger partial charge in [-0.05, 0) is 82.6 Å². The Morgan fingerprint density at radius 1 is 0.933 bits per heavy atom. The van der Waals surface area contributed by atoms with Crippen molar-refractivity contribution in [2.24, 2.45) is 11.8 Å². The average molecular weight is 621 g/mol. The second-order valence-electron chi connectivity index (χ2n) is 14.1. The molecule has 246 valence electrons. The van der Waals surface area contributed by atoms with E-state index in [2.05, 4.69) is 27.8 Å². The van der Waals surface area contributed by atoms with Gasteiger partial charge < -0.3 is 30.5 Å². The largest absolute Gasteiger partial charge is 0.392 e. The summed E-state index contributed by atoms with van der Waals surface area (Å²) in [5.74, 6) is 0.722. The summed E-state index contributed by atoms with van der Waals surface area (Å²) in [6, 6.07) is 15.5. The van der Waals surface area contributed by atoms with Crippen LogP contribution in [-0.4, -0.2) is 58.8 Å². The van der Waals surface area contributed by atoms with Crippen molar-refractivity contribution in [2.75, 3.05) is 18.4 Å². The van der Waals surface area contributed by atoms with Crippen LogP contribution in [-0.2, 0) is 20.9 Å². The number of rotatable bonds is 8. The van der Waals surface area contributed by atoms with Crippen LogP contribution in [0.3, 0.4) is 0 Å². The number of ether oxygens (including phenoxy) is 2. The van der Waals surface area contributed by atoms with E-state index in [0.717, 1.165) is 36.0 Å². The summed E-state index contributed by atoms with van der Waals surface area (Å²) in [7, 11) is 0. The zero-order chi connectivity index (χ0) is 32.1. The molecule has 5 rings (SSSR count). The number of hydrogen-bond donors (Lipinski definition) is 4. The molecule has 2 heterocycles. The summed E-state index contributed by atoms with van der Waals surface area (Å²) in [6.07, 6.45) is 5.67. The van der Waals surface area contributed by atoms with Crippen LogP contribution in [0.25, 0.3) is 0 Å². The first-order chi connectivity index (χ1) is 21.6. The minimum Gasteiger partial charge on any atom is -0.392 e. The number of benzene rings is 2. The number of hydrogen-bond acceptors (Lipinski definition) is 6. The Hall–Kier alpha value is -2.98. The number of aliphatic hydroxyl groups is 1. The number of nitrogens with one attached hydrogen (secondary N) is 3. The molecule has 45 heavy (non-hydrogen) atoms. The van der Waals surface area contributed by atoms with Crippen LogP contribution in [0.15, 0.2) is 48.5 Å². The smallest absolute Gasteiger partial charge is 0.319 e.